The van der Waals surface area contributed by atoms with Gasteiger partial charge in [-0.2, -0.15) is 11.8 Å². The highest BCUT2D eigenvalue weighted by atomic mass is 32.2. The van der Waals surface area contributed by atoms with Gasteiger partial charge in [-0.25, -0.2) is 9.97 Å². The molecule has 4 heterocycles. The second kappa shape index (κ2) is 10.3. The zero-order valence-electron chi connectivity index (χ0n) is 18.8. The van der Waals surface area contributed by atoms with Crippen molar-refractivity contribution < 1.29 is 9.59 Å². The van der Waals surface area contributed by atoms with E-state index in [1.807, 2.05) is 11.0 Å². The number of nitrogens with one attached hydrogen (secondary N) is 2. The zero-order valence-corrected chi connectivity index (χ0v) is 20.5. The minimum Gasteiger partial charge on any atom is -0.343 e. The number of nitrogens with zero attached hydrogens (tertiary/aromatic N) is 3. The number of anilines is 1. The van der Waals surface area contributed by atoms with Gasteiger partial charge in [0.25, 0.3) is 5.56 Å². The first kappa shape index (κ1) is 23.0. The molecule has 34 heavy (non-hydrogen) atoms. The summed E-state index contributed by atoms with van der Waals surface area (Å²) in [6, 6.07) is 5.41. The summed E-state index contributed by atoms with van der Waals surface area (Å²) in [6.07, 6.45) is 6.56. The van der Waals surface area contributed by atoms with Crippen LogP contribution in [0.15, 0.2) is 29.2 Å². The molecule has 3 aromatic rings. The van der Waals surface area contributed by atoms with E-state index in [4.69, 9.17) is 0 Å². The Morgan fingerprint density at radius 1 is 1.24 bits per heavy atom. The largest absolute Gasteiger partial charge is 0.343 e. The fourth-order valence-electron chi connectivity index (χ4n) is 4.66. The molecule has 1 aliphatic heterocycles. The van der Waals surface area contributed by atoms with Crippen LogP contribution in [0.2, 0.25) is 0 Å². The summed E-state index contributed by atoms with van der Waals surface area (Å²) in [5, 5.41) is 3.63. The van der Waals surface area contributed by atoms with Gasteiger partial charge in [-0.15, -0.1) is 11.3 Å². The summed E-state index contributed by atoms with van der Waals surface area (Å²) in [5.41, 5.74) is 1.16. The number of hydrogen-bond donors (Lipinski definition) is 2. The van der Waals surface area contributed by atoms with Gasteiger partial charge in [0.05, 0.1) is 11.1 Å². The molecule has 2 N–H and O–H groups in total. The molecule has 1 saturated heterocycles. The summed E-state index contributed by atoms with van der Waals surface area (Å²) in [4.78, 5) is 53.3. The number of carbonyl (C=O) groups excluding carboxylic acids is 2. The standard InChI is InChI=1S/C24H27N5O3S2/c30-20(29-11-7-15(8-12-29)22(31)26-18-6-1-2-10-25-18)9-13-33-14-19-27-23(32)21-16-4-3-5-17(16)34-24(21)28-19/h1-2,6,10,15H,3-5,7-9,11-14H2,(H,25,26,31)(H,27,28,32). The van der Waals surface area contributed by atoms with Crippen molar-refractivity contribution in [2.75, 3.05) is 24.2 Å². The van der Waals surface area contributed by atoms with Gasteiger partial charge in [-0.3, -0.25) is 14.4 Å². The number of thiophene rings is 1. The summed E-state index contributed by atoms with van der Waals surface area (Å²) in [7, 11) is 0. The average molecular weight is 498 g/mol. The van der Waals surface area contributed by atoms with Crippen molar-refractivity contribution in [1.29, 1.82) is 0 Å². The number of pyridine rings is 1. The zero-order chi connectivity index (χ0) is 23.5. The first-order valence-electron chi connectivity index (χ1n) is 11.7. The molecule has 0 aromatic carbocycles. The molecular weight excluding hydrogens is 470 g/mol. The number of hydrogen-bond acceptors (Lipinski definition) is 7. The van der Waals surface area contributed by atoms with E-state index in [1.165, 1.54) is 10.4 Å². The van der Waals surface area contributed by atoms with E-state index in [9.17, 15) is 14.4 Å². The van der Waals surface area contributed by atoms with Crippen LogP contribution in [0.25, 0.3) is 10.2 Å². The average Bonchev–Trinajstić information content (AvgIpc) is 3.43. The molecule has 8 nitrogen and oxygen atoms in total. The maximum atomic E-state index is 12.6. The Labute approximate surface area is 205 Å². The second-order valence-corrected chi connectivity index (χ2v) is 10.9. The van der Waals surface area contributed by atoms with Crippen molar-refractivity contribution >= 4 is 50.9 Å². The smallest absolute Gasteiger partial charge is 0.259 e. The third-order valence-corrected chi connectivity index (χ3v) is 8.61. The second-order valence-electron chi connectivity index (χ2n) is 8.71. The number of thioether (sulfide) groups is 1. The molecule has 0 saturated carbocycles. The molecular formula is C24H27N5O3S2. The molecule has 1 aliphatic carbocycles. The van der Waals surface area contributed by atoms with Gasteiger partial charge in [0.2, 0.25) is 11.8 Å². The number of aryl methyl sites for hydroxylation is 2. The third-order valence-electron chi connectivity index (χ3n) is 6.46. The Hall–Kier alpha value is -2.72. The Morgan fingerprint density at radius 3 is 2.88 bits per heavy atom. The lowest BCUT2D eigenvalue weighted by Gasteiger charge is -2.31. The number of carbonyl (C=O) groups is 2. The van der Waals surface area contributed by atoms with Crippen LogP contribution in [-0.2, 0) is 28.2 Å². The van der Waals surface area contributed by atoms with Crippen LogP contribution in [-0.4, -0.2) is 50.5 Å². The number of aromatic amines is 1. The lowest BCUT2D eigenvalue weighted by atomic mass is 9.95. The van der Waals surface area contributed by atoms with E-state index in [-0.39, 0.29) is 23.3 Å². The number of likely N-dealkylation sites (tertiary alicyclic amines) is 1. The first-order chi connectivity index (χ1) is 16.6. The van der Waals surface area contributed by atoms with Crippen molar-refractivity contribution in [1.82, 2.24) is 19.9 Å². The highest BCUT2D eigenvalue weighted by molar-refractivity contribution is 7.98. The Kier molecular flexibility index (Phi) is 6.96. The topological polar surface area (TPSA) is 108 Å². The lowest BCUT2D eigenvalue weighted by Crippen LogP contribution is -2.41. The van der Waals surface area contributed by atoms with Crippen LogP contribution in [0, 0.1) is 5.92 Å². The van der Waals surface area contributed by atoms with E-state index in [2.05, 4.69) is 20.3 Å². The molecule has 0 bridgehead atoms. The van der Waals surface area contributed by atoms with Crippen molar-refractivity contribution in [2.45, 2.75) is 44.3 Å². The molecule has 0 atom stereocenters. The summed E-state index contributed by atoms with van der Waals surface area (Å²) in [6.45, 7) is 1.19. The number of amides is 2. The molecule has 2 amide bonds. The van der Waals surface area contributed by atoms with Gasteiger partial charge in [-0.05, 0) is 49.8 Å². The monoisotopic (exact) mass is 497 g/mol. The summed E-state index contributed by atoms with van der Waals surface area (Å²) >= 11 is 3.25. The molecule has 3 aromatic heterocycles. The number of piperidine rings is 1. The van der Waals surface area contributed by atoms with E-state index in [1.54, 1.807) is 41.4 Å². The third kappa shape index (κ3) is 5.02. The minimum atomic E-state index is -0.100. The highest BCUT2D eigenvalue weighted by Crippen LogP contribution is 2.34. The number of fused-ring (bicyclic) bond motifs is 3. The van der Waals surface area contributed by atoms with E-state index >= 15 is 0 Å². The lowest BCUT2D eigenvalue weighted by molar-refractivity contribution is -0.134. The van der Waals surface area contributed by atoms with Gasteiger partial charge < -0.3 is 15.2 Å². The van der Waals surface area contributed by atoms with Crippen LogP contribution >= 0.6 is 23.1 Å². The molecule has 2 aliphatic rings. The van der Waals surface area contributed by atoms with Gasteiger partial charge in [0.1, 0.15) is 16.5 Å². The van der Waals surface area contributed by atoms with Crippen molar-refractivity contribution in [3.63, 3.8) is 0 Å². The van der Waals surface area contributed by atoms with E-state index in [0.29, 0.717) is 55.5 Å². The molecule has 5 rings (SSSR count). The maximum Gasteiger partial charge on any atom is 0.259 e. The summed E-state index contributed by atoms with van der Waals surface area (Å²) in [5.74, 6) is 2.46. The molecule has 0 spiro atoms. The van der Waals surface area contributed by atoms with Gasteiger partial charge in [-0.1, -0.05) is 6.07 Å². The van der Waals surface area contributed by atoms with Crippen LogP contribution < -0.4 is 10.9 Å². The predicted molar refractivity (Wildman–Crippen MR) is 135 cm³/mol. The minimum absolute atomic E-state index is 0.0317. The van der Waals surface area contributed by atoms with Crippen LogP contribution in [0.3, 0.4) is 0 Å². The van der Waals surface area contributed by atoms with E-state index < -0.39 is 0 Å². The number of aromatic nitrogens is 3. The van der Waals surface area contributed by atoms with Gasteiger partial charge in [0, 0.05) is 42.3 Å². The predicted octanol–water partition coefficient (Wildman–Crippen LogP) is 3.37. The Balaban J connectivity index is 1.05. The first-order valence-corrected chi connectivity index (χ1v) is 13.7. The highest BCUT2D eigenvalue weighted by Gasteiger charge is 2.27. The molecule has 0 unspecified atom stereocenters. The van der Waals surface area contributed by atoms with E-state index in [0.717, 1.165) is 29.5 Å². The van der Waals surface area contributed by atoms with Crippen molar-refractivity contribution in [3.05, 3.63) is 51.0 Å². The van der Waals surface area contributed by atoms with Gasteiger partial charge >= 0.3 is 0 Å². The number of H-pyrrole nitrogens is 1. The quantitative estimate of drug-likeness (QED) is 0.485. The molecule has 1 fully saturated rings. The Bertz CT molecular complexity index is 1250. The van der Waals surface area contributed by atoms with Gasteiger partial charge in [0.15, 0.2) is 0 Å². The normalized spacial score (nSPS) is 16.1. The van der Waals surface area contributed by atoms with Crippen LogP contribution in [0.5, 0.6) is 0 Å². The van der Waals surface area contributed by atoms with Crippen molar-refractivity contribution in [3.8, 4) is 0 Å². The van der Waals surface area contributed by atoms with Crippen LogP contribution in [0.1, 0.15) is 41.9 Å². The fraction of sp³-hybridized carbons (Fsp3) is 0.458. The van der Waals surface area contributed by atoms with Crippen molar-refractivity contribution in [2.24, 2.45) is 5.92 Å². The summed E-state index contributed by atoms with van der Waals surface area (Å²) < 4.78 is 0. The SMILES string of the molecule is O=C(Nc1ccccn1)C1CCN(C(=O)CCSCc2nc3sc4c(c3c(=O)[nH]2)CCC4)CC1. The number of rotatable bonds is 7. The maximum absolute atomic E-state index is 12.6. The molecule has 178 valence electrons. The molecule has 0 radical (unpaired) electrons. The fourth-order valence-corrected chi connectivity index (χ4v) is 6.73. The molecule has 10 heteroatoms. The Morgan fingerprint density at radius 2 is 2.09 bits per heavy atom. The van der Waals surface area contributed by atoms with Crippen LogP contribution in [0.4, 0.5) is 5.82 Å².